The number of hydrogen-bond acceptors (Lipinski definition) is 2. The molecule has 2 aliphatic heterocycles. The van der Waals surface area contributed by atoms with Crippen molar-refractivity contribution in [2.45, 2.75) is 50.7 Å². The largest absolute Gasteiger partial charge is 0.332 e. The molecular formula is C12H18N2O. The van der Waals surface area contributed by atoms with E-state index in [2.05, 4.69) is 17.2 Å². The highest BCUT2D eigenvalue weighted by molar-refractivity contribution is 5.93. The molecule has 0 aromatic rings. The quantitative estimate of drug-likeness (QED) is 0.642. The van der Waals surface area contributed by atoms with E-state index in [0.717, 1.165) is 12.8 Å². The molecule has 15 heavy (non-hydrogen) atoms. The van der Waals surface area contributed by atoms with Gasteiger partial charge < -0.3 is 10.2 Å². The van der Waals surface area contributed by atoms with Crippen LogP contribution in [0.5, 0.6) is 0 Å². The van der Waals surface area contributed by atoms with Gasteiger partial charge in [-0.05, 0) is 38.5 Å². The molecule has 3 nitrogen and oxygen atoms in total. The summed E-state index contributed by atoms with van der Waals surface area (Å²) in [5.41, 5.74) is 0. The zero-order valence-corrected chi connectivity index (χ0v) is 9.42. The number of carbonyl (C=O) groups excluding carboxylic acids is 1. The Morgan fingerprint density at radius 3 is 2.47 bits per heavy atom. The van der Waals surface area contributed by atoms with Crippen molar-refractivity contribution in [1.82, 2.24) is 10.2 Å². The third kappa shape index (κ3) is 2.15. The molecule has 1 amide bonds. The molecule has 2 bridgehead atoms. The highest BCUT2D eigenvalue weighted by Crippen LogP contribution is 2.29. The van der Waals surface area contributed by atoms with Crippen molar-refractivity contribution in [2.24, 2.45) is 0 Å². The first-order valence-corrected chi connectivity index (χ1v) is 5.66. The topological polar surface area (TPSA) is 32.3 Å². The number of nitrogens with one attached hydrogen (secondary N) is 1. The van der Waals surface area contributed by atoms with E-state index in [1.807, 2.05) is 11.9 Å². The molecule has 0 aromatic carbocycles. The van der Waals surface area contributed by atoms with Crippen molar-refractivity contribution < 1.29 is 4.79 Å². The molecule has 0 spiro atoms. The highest BCUT2D eigenvalue weighted by atomic mass is 16.2. The van der Waals surface area contributed by atoms with E-state index in [1.165, 1.54) is 12.8 Å². The molecule has 0 saturated carbocycles. The third-order valence-electron chi connectivity index (χ3n) is 3.55. The maximum absolute atomic E-state index is 11.6. The normalized spacial score (nSPS) is 33.1. The first kappa shape index (κ1) is 10.5. The van der Waals surface area contributed by atoms with Gasteiger partial charge >= 0.3 is 0 Å². The van der Waals surface area contributed by atoms with E-state index in [1.54, 1.807) is 6.92 Å². The molecule has 2 fully saturated rings. The molecule has 0 aromatic heterocycles. The zero-order valence-electron chi connectivity index (χ0n) is 9.42. The molecule has 3 heteroatoms. The second-order valence-corrected chi connectivity index (χ2v) is 4.55. The minimum Gasteiger partial charge on any atom is -0.332 e. The van der Waals surface area contributed by atoms with Crippen LogP contribution in [0.1, 0.15) is 32.6 Å². The van der Waals surface area contributed by atoms with Crippen LogP contribution in [0.15, 0.2) is 0 Å². The van der Waals surface area contributed by atoms with Gasteiger partial charge in [0, 0.05) is 25.2 Å². The van der Waals surface area contributed by atoms with Crippen molar-refractivity contribution in [1.29, 1.82) is 0 Å². The third-order valence-corrected chi connectivity index (χ3v) is 3.55. The Morgan fingerprint density at radius 1 is 1.33 bits per heavy atom. The summed E-state index contributed by atoms with van der Waals surface area (Å²) < 4.78 is 0. The van der Waals surface area contributed by atoms with E-state index in [9.17, 15) is 4.79 Å². The number of hydrogen-bond donors (Lipinski definition) is 1. The number of fused-ring (bicyclic) bond motifs is 2. The van der Waals surface area contributed by atoms with E-state index in [-0.39, 0.29) is 5.91 Å². The van der Waals surface area contributed by atoms with Crippen LogP contribution in [-0.4, -0.2) is 36.0 Å². The highest BCUT2D eigenvalue weighted by Gasteiger charge is 2.35. The lowest BCUT2D eigenvalue weighted by Crippen LogP contribution is -2.48. The van der Waals surface area contributed by atoms with E-state index in [4.69, 9.17) is 0 Å². The molecule has 0 radical (unpaired) electrons. The Hall–Kier alpha value is -1.01. The van der Waals surface area contributed by atoms with Crippen molar-refractivity contribution in [3.8, 4) is 11.8 Å². The average molecular weight is 206 g/mol. The van der Waals surface area contributed by atoms with Gasteiger partial charge in [-0.1, -0.05) is 5.92 Å². The molecule has 2 aliphatic rings. The van der Waals surface area contributed by atoms with Gasteiger partial charge in [0.05, 0.1) is 0 Å². The molecule has 2 heterocycles. The van der Waals surface area contributed by atoms with Crippen molar-refractivity contribution in [3.05, 3.63) is 0 Å². The van der Waals surface area contributed by atoms with Crippen LogP contribution in [-0.2, 0) is 4.79 Å². The molecule has 2 rings (SSSR count). The van der Waals surface area contributed by atoms with Crippen LogP contribution < -0.4 is 5.32 Å². The van der Waals surface area contributed by atoms with Crippen LogP contribution in [0.4, 0.5) is 0 Å². The van der Waals surface area contributed by atoms with Crippen LogP contribution in [0, 0.1) is 11.8 Å². The molecular weight excluding hydrogens is 188 g/mol. The second-order valence-electron chi connectivity index (χ2n) is 4.55. The predicted molar refractivity (Wildman–Crippen MR) is 59.2 cm³/mol. The number of piperidine rings is 1. The summed E-state index contributed by atoms with van der Waals surface area (Å²) in [6.45, 7) is 1.71. The second kappa shape index (κ2) is 4.24. The van der Waals surface area contributed by atoms with Crippen LogP contribution in [0.25, 0.3) is 0 Å². The van der Waals surface area contributed by atoms with Gasteiger partial charge in [0.15, 0.2) is 0 Å². The zero-order chi connectivity index (χ0) is 10.8. The van der Waals surface area contributed by atoms with E-state index >= 15 is 0 Å². The van der Waals surface area contributed by atoms with Crippen molar-refractivity contribution >= 4 is 5.91 Å². The van der Waals surface area contributed by atoms with Crippen molar-refractivity contribution in [3.63, 3.8) is 0 Å². The fourth-order valence-corrected chi connectivity index (χ4v) is 2.70. The fraction of sp³-hybridized carbons (Fsp3) is 0.750. The Kier molecular flexibility index (Phi) is 2.97. The van der Waals surface area contributed by atoms with Gasteiger partial charge in [-0.2, -0.15) is 0 Å². The molecule has 1 N–H and O–H groups in total. The molecule has 0 aliphatic carbocycles. The van der Waals surface area contributed by atoms with Gasteiger partial charge in [0.1, 0.15) is 0 Å². The van der Waals surface area contributed by atoms with Crippen LogP contribution in [0.2, 0.25) is 0 Å². The lowest BCUT2D eigenvalue weighted by molar-refractivity contribution is -0.126. The smallest absolute Gasteiger partial charge is 0.298 e. The van der Waals surface area contributed by atoms with Gasteiger partial charge in [0.2, 0.25) is 0 Å². The first-order chi connectivity index (χ1) is 7.20. The molecule has 2 unspecified atom stereocenters. The summed E-state index contributed by atoms with van der Waals surface area (Å²) in [6, 6.07) is 1.63. The maximum Gasteiger partial charge on any atom is 0.298 e. The van der Waals surface area contributed by atoms with Crippen LogP contribution in [0.3, 0.4) is 0 Å². The van der Waals surface area contributed by atoms with Gasteiger partial charge in [-0.15, -0.1) is 0 Å². The predicted octanol–water partition coefficient (Wildman–Crippen LogP) is 0.751. The number of rotatable bonds is 1. The Labute approximate surface area is 91.2 Å². The Morgan fingerprint density at radius 2 is 1.93 bits per heavy atom. The maximum atomic E-state index is 11.6. The fourth-order valence-electron chi connectivity index (χ4n) is 2.70. The number of nitrogens with zero attached hydrogens (tertiary/aromatic N) is 1. The van der Waals surface area contributed by atoms with E-state index in [0.29, 0.717) is 18.1 Å². The Bertz CT molecular complexity index is 303. The minimum atomic E-state index is -0.0381. The van der Waals surface area contributed by atoms with Gasteiger partial charge in [-0.3, -0.25) is 4.79 Å². The lowest BCUT2D eigenvalue weighted by Gasteiger charge is -2.34. The summed E-state index contributed by atoms with van der Waals surface area (Å²) in [5.74, 6) is 5.24. The monoisotopic (exact) mass is 206 g/mol. The Balaban J connectivity index is 1.98. The summed E-state index contributed by atoms with van der Waals surface area (Å²) >= 11 is 0. The average Bonchev–Trinajstić information content (AvgIpc) is 2.57. The minimum absolute atomic E-state index is 0.0381. The lowest BCUT2D eigenvalue weighted by atomic mass is 9.98. The summed E-state index contributed by atoms with van der Waals surface area (Å²) in [6.07, 6.45) is 4.71. The summed E-state index contributed by atoms with van der Waals surface area (Å²) in [4.78, 5) is 13.4. The van der Waals surface area contributed by atoms with E-state index < -0.39 is 0 Å². The summed E-state index contributed by atoms with van der Waals surface area (Å²) in [5, 5.41) is 3.57. The summed E-state index contributed by atoms with van der Waals surface area (Å²) in [7, 11) is 1.88. The van der Waals surface area contributed by atoms with Gasteiger partial charge in [0.25, 0.3) is 5.91 Å². The van der Waals surface area contributed by atoms with Crippen molar-refractivity contribution in [2.75, 3.05) is 7.05 Å². The number of amides is 1. The standard InChI is InChI=1S/C12H18N2O/c1-3-4-12(15)14(2)11-7-9-5-6-10(8-11)13-9/h9-11,13H,5-8H2,1-2H3. The first-order valence-electron chi connectivity index (χ1n) is 5.66. The van der Waals surface area contributed by atoms with Gasteiger partial charge in [-0.25, -0.2) is 0 Å². The SMILES string of the molecule is CC#CC(=O)N(C)C1CC2CCC(C1)N2. The molecule has 82 valence electrons. The molecule has 2 saturated heterocycles. The number of carbonyl (C=O) groups is 1. The molecule has 2 atom stereocenters. The van der Waals surface area contributed by atoms with Crippen LogP contribution >= 0.6 is 0 Å².